The maximum atomic E-state index is 15.2. The van der Waals surface area contributed by atoms with E-state index in [0.29, 0.717) is 21.6 Å². The number of benzene rings is 1. The number of carbonyl (C=O) groups is 2. The van der Waals surface area contributed by atoms with Gasteiger partial charge in [0, 0.05) is 30.6 Å². The topological polar surface area (TPSA) is 147 Å². The lowest BCUT2D eigenvalue weighted by molar-refractivity contribution is -0.174. The van der Waals surface area contributed by atoms with Crippen LogP contribution in [0.4, 0.5) is 14.6 Å². The molecule has 2 aliphatic heterocycles. The van der Waals surface area contributed by atoms with Crippen LogP contribution in [0.25, 0.3) is 0 Å². The van der Waals surface area contributed by atoms with Gasteiger partial charge in [-0.05, 0) is 17.7 Å². The maximum absolute atomic E-state index is 15.2. The number of hydrogen-bond donors (Lipinski definition) is 2. The van der Waals surface area contributed by atoms with Gasteiger partial charge in [0.25, 0.3) is 0 Å². The van der Waals surface area contributed by atoms with Crippen LogP contribution in [0.5, 0.6) is 0 Å². The fraction of sp³-hybridized carbons (Fsp3) is 0.455. The van der Waals surface area contributed by atoms with Crippen molar-refractivity contribution in [2.24, 2.45) is 0 Å². The minimum atomic E-state index is -3.91. The first-order valence-electron chi connectivity index (χ1n) is 11.3. The minimum Gasteiger partial charge on any atom is -0.469 e. The summed E-state index contributed by atoms with van der Waals surface area (Å²) < 4.78 is 56.6. The number of nitrogens with zero attached hydrogens (tertiary/aromatic N) is 2. The van der Waals surface area contributed by atoms with E-state index in [1.807, 2.05) is 0 Å². The zero-order chi connectivity index (χ0) is 27.7. The monoisotopic (exact) mass is 578 g/mol. The Labute approximate surface area is 220 Å². The van der Waals surface area contributed by atoms with Crippen LogP contribution >= 0.6 is 19.7 Å². The first-order valence-corrected chi connectivity index (χ1v) is 13.2. The molecule has 0 saturated carbocycles. The van der Waals surface area contributed by atoms with Crippen molar-refractivity contribution in [3.05, 3.63) is 57.6 Å². The molecule has 1 aromatic carbocycles. The molecule has 5 atom stereocenters. The van der Waals surface area contributed by atoms with E-state index in [-0.39, 0.29) is 12.4 Å². The summed E-state index contributed by atoms with van der Waals surface area (Å²) in [5.41, 5.74) is -0.483. The van der Waals surface area contributed by atoms with Crippen molar-refractivity contribution in [3.63, 3.8) is 0 Å². The Kier molecular flexibility index (Phi) is 8.31. The molecule has 16 heteroatoms. The molecule has 0 bridgehead atoms. The first-order chi connectivity index (χ1) is 17.9. The molecular weight excluding hydrogens is 555 g/mol. The molecule has 2 aromatic rings. The van der Waals surface area contributed by atoms with Gasteiger partial charge >= 0.3 is 31.6 Å². The largest absolute Gasteiger partial charge is 0.527 e. The number of halogens is 3. The maximum Gasteiger partial charge on any atom is 0.527 e. The van der Waals surface area contributed by atoms with Gasteiger partial charge in [-0.25, -0.2) is 4.79 Å². The number of ether oxygens (including phenoxy) is 3. The Balaban J connectivity index is 1.53. The summed E-state index contributed by atoms with van der Waals surface area (Å²) in [5.74, 6) is -6.03. The fourth-order valence-corrected chi connectivity index (χ4v) is 5.75. The van der Waals surface area contributed by atoms with E-state index in [1.165, 1.54) is 0 Å². The van der Waals surface area contributed by atoms with Crippen molar-refractivity contribution in [2.75, 3.05) is 18.8 Å². The number of alkyl halides is 2. The van der Waals surface area contributed by atoms with Gasteiger partial charge in [-0.1, -0.05) is 23.7 Å². The number of anilines is 1. The Morgan fingerprint density at radius 1 is 1.37 bits per heavy atom. The van der Waals surface area contributed by atoms with E-state index in [0.717, 1.165) is 26.3 Å². The Hall–Kier alpha value is -2.74. The number of rotatable bonds is 7. The minimum absolute atomic E-state index is 0.118. The van der Waals surface area contributed by atoms with Crippen LogP contribution in [-0.2, 0) is 32.8 Å². The summed E-state index contributed by atoms with van der Waals surface area (Å²) in [7, 11) is -2.70. The second kappa shape index (κ2) is 11.2. The Morgan fingerprint density at radius 2 is 2.13 bits per heavy atom. The second-order valence-electron chi connectivity index (χ2n) is 8.42. The van der Waals surface area contributed by atoms with Gasteiger partial charge in [0.1, 0.15) is 18.8 Å². The molecule has 2 fully saturated rings. The molecular formula is C22H24ClF2N3O9P+. The number of aromatic nitrogens is 2. The summed E-state index contributed by atoms with van der Waals surface area (Å²) in [6, 6.07) is 7.99. The molecule has 2 N–H and O–H groups in total. The van der Waals surface area contributed by atoms with Gasteiger partial charge < -0.3 is 14.2 Å². The lowest BCUT2D eigenvalue weighted by atomic mass is 10.1. The van der Waals surface area contributed by atoms with Crippen molar-refractivity contribution in [1.29, 1.82) is 0 Å². The van der Waals surface area contributed by atoms with Gasteiger partial charge in [0.2, 0.25) is 6.23 Å². The van der Waals surface area contributed by atoms with Crippen LogP contribution in [0.3, 0.4) is 0 Å². The molecule has 206 valence electrons. The third kappa shape index (κ3) is 6.11. The van der Waals surface area contributed by atoms with Gasteiger partial charge in [0.05, 0.1) is 13.5 Å². The molecule has 0 aliphatic carbocycles. The molecule has 3 heterocycles. The van der Waals surface area contributed by atoms with E-state index < -0.39 is 62.6 Å². The van der Waals surface area contributed by atoms with Gasteiger partial charge in [-0.2, -0.15) is 32.8 Å². The molecule has 2 aliphatic rings. The van der Waals surface area contributed by atoms with Crippen molar-refractivity contribution in [3.8, 4) is 0 Å². The average Bonchev–Trinajstić information content (AvgIpc) is 3.07. The number of methoxy groups -OCH3 is 1. The molecule has 2 saturated heterocycles. The number of esters is 2. The number of nitrogens with one attached hydrogen (secondary N) is 1. The zero-order valence-electron chi connectivity index (χ0n) is 20.1. The Bertz CT molecular complexity index is 1270. The summed E-state index contributed by atoms with van der Waals surface area (Å²) in [4.78, 5) is 50.4. The van der Waals surface area contributed by atoms with Crippen LogP contribution in [0.2, 0.25) is 5.02 Å². The summed E-state index contributed by atoms with van der Waals surface area (Å²) in [6.07, 6.45) is -5.84. The third-order valence-corrected chi connectivity index (χ3v) is 7.53. The van der Waals surface area contributed by atoms with Crippen LogP contribution in [0.1, 0.15) is 37.7 Å². The first kappa shape index (κ1) is 28.3. The quantitative estimate of drug-likeness (QED) is 0.369. The van der Waals surface area contributed by atoms with E-state index in [4.69, 9.17) is 30.1 Å². The SMILES string of the molecule is COC(=O)C[C@H]1O[C@@H](n2ccc(N[P+]3(O)OCCC(c4cccc(Cl)c4)O3)nc2=O)C(F)(F)[C@@H]1OC(C)=O. The van der Waals surface area contributed by atoms with Crippen LogP contribution in [0.15, 0.2) is 41.3 Å². The predicted molar refractivity (Wildman–Crippen MR) is 128 cm³/mol. The second-order valence-corrected chi connectivity index (χ2v) is 10.6. The van der Waals surface area contributed by atoms with Crippen molar-refractivity contribution >= 4 is 37.5 Å². The Morgan fingerprint density at radius 3 is 2.79 bits per heavy atom. The standard InChI is InChI=1S/C22H23ClF2N3O9P/c1-12(29)35-19-16(11-18(30)33-2)36-20(22(19,24)25)28-8-6-17(26-21(28)31)27-38(32)34-9-7-15(37-38)13-4-3-5-14(23)10-13/h3-6,8,10,15-16,19-20,32H,7,9,11H2,1-2H3/p+1/t15?,16-,19-,20-,38?/m1/s1. The highest BCUT2D eigenvalue weighted by Crippen LogP contribution is 2.62. The van der Waals surface area contributed by atoms with Crippen molar-refractivity contribution in [1.82, 2.24) is 9.55 Å². The molecule has 0 spiro atoms. The highest BCUT2D eigenvalue weighted by atomic mass is 35.5. The van der Waals surface area contributed by atoms with Crippen molar-refractivity contribution < 1.29 is 46.5 Å². The predicted octanol–water partition coefficient (Wildman–Crippen LogP) is 3.18. The average molecular weight is 579 g/mol. The fourth-order valence-electron chi connectivity index (χ4n) is 4.03. The summed E-state index contributed by atoms with van der Waals surface area (Å²) in [5, 5.41) is 3.01. The van der Waals surface area contributed by atoms with Crippen LogP contribution in [0, 0.1) is 0 Å². The molecule has 4 rings (SSSR count). The molecule has 0 amide bonds. The highest BCUT2D eigenvalue weighted by molar-refractivity contribution is 7.62. The smallest absolute Gasteiger partial charge is 0.469 e. The van der Waals surface area contributed by atoms with E-state index in [1.54, 1.807) is 24.3 Å². The highest BCUT2D eigenvalue weighted by Gasteiger charge is 2.62. The normalized spacial score (nSPS) is 28.5. The lowest BCUT2D eigenvalue weighted by Gasteiger charge is -2.27. The van der Waals surface area contributed by atoms with E-state index in [2.05, 4.69) is 14.8 Å². The van der Waals surface area contributed by atoms with Crippen LogP contribution < -0.4 is 10.8 Å². The lowest BCUT2D eigenvalue weighted by Crippen LogP contribution is -2.44. The zero-order valence-corrected chi connectivity index (χ0v) is 21.7. The molecule has 0 radical (unpaired) electrons. The van der Waals surface area contributed by atoms with E-state index >= 15 is 8.78 Å². The molecule has 12 nitrogen and oxygen atoms in total. The third-order valence-electron chi connectivity index (χ3n) is 5.71. The number of hydrogen-bond acceptors (Lipinski definition) is 11. The summed E-state index contributed by atoms with van der Waals surface area (Å²) >= 11 is 6.03. The van der Waals surface area contributed by atoms with Gasteiger partial charge in [0.15, 0.2) is 11.9 Å². The van der Waals surface area contributed by atoms with Gasteiger partial charge in [-0.3, -0.25) is 14.2 Å². The van der Waals surface area contributed by atoms with Crippen LogP contribution in [-0.4, -0.2) is 58.2 Å². The molecule has 2 unspecified atom stereocenters. The van der Waals surface area contributed by atoms with Crippen molar-refractivity contribution in [2.45, 2.75) is 50.2 Å². The van der Waals surface area contributed by atoms with E-state index in [9.17, 15) is 19.3 Å². The van der Waals surface area contributed by atoms with Gasteiger partial charge in [-0.15, -0.1) is 0 Å². The number of carbonyl (C=O) groups excluding carboxylic acids is 2. The molecule has 38 heavy (non-hydrogen) atoms. The molecule has 1 aromatic heterocycles. The summed E-state index contributed by atoms with van der Waals surface area (Å²) in [6.45, 7) is 1.04.